The standard InChI is InChI=1S/C39H31N3/c40-38(29-15-5-2-6-16-29)42-39(32-19-11-18-30(24-32)27-12-3-1-4-13-27)41-26-37-34-21-10-8-17-31(34)25-36-33-20-9-7-14-28(33)22-23-35(36)37/h1-26,38-39,42H,40H2. The van der Waals surface area contributed by atoms with E-state index in [1.165, 1.54) is 37.9 Å². The summed E-state index contributed by atoms with van der Waals surface area (Å²) in [7, 11) is 0. The molecule has 2 atom stereocenters. The Morgan fingerprint density at radius 1 is 0.500 bits per heavy atom. The first-order valence-corrected chi connectivity index (χ1v) is 14.3. The first kappa shape index (κ1) is 25.8. The first-order chi connectivity index (χ1) is 20.7. The molecule has 0 saturated heterocycles. The van der Waals surface area contributed by atoms with E-state index in [-0.39, 0.29) is 12.3 Å². The Labute approximate surface area is 246 Å². The fourth-order valence-corrected chi connectivity index (χ4v) is 5.81. The van der Waals surface area contributed by atoms with Crippen molar-refractivity contribution in [2.75, 3.05) is 0 Å². The van der Waals surface area contributed by atoms with Crippen molar-refractivity contribution in [3.05, 3.63) is 168 Å². The lowest BCUT2D eigenvalue weighted by Crippen LogP contribution is -2.31. The van der Waals surface area contributed by atoms with Crippen molar-refractivity contribution >= 4 is 38.5 Å². The average molecular weight is 542 g/mol. The van der Waals surface area contributed by atoms with Crippen molar-refractivity contribution in [2.45, 2.75) is 12.3 Å². The zero-order valence-corrected chi connectivity index (χ0v) is 23.2. The number of fused-ring (bicyclic) bond motifs is 4. The lowest BCUT2D eigenvalue weighted by Gasteiger charge is -2.22. The van der Waals surface area contributed by atoms with E-state index in [2.05, 4.69) is 121 Å². The molecule has 3 N–H and O–H groups in total. The van der Waals surface area contributed by atoms with Crippen LogP contribution in [0.2, 0.25) is 0 Å². The van der Waals surface area contributed by atoms with Gasteiger partial charge in [-0.1, -0.05) is 140 Å². The summed E-state index contributed by atoms with van der Waals surface area (Å²) < 4.78 is 0. The van der Waals surface area contributed by atoms with Gasteiger partial charge in [-0.15, -0.1) is 0 Å². The van der Waals surface area contributed by atoms with Crippen LogP contribution in [0, 0.1) is 0 Å². The number of nitrogens with zero attached hydrogens (tertiary/aromatic N) is 1. The van der Waals surface area contributed by atoms with E-state index in [0.717, 1.165) is 22.3 Å². The SMILES string of the molecule is NC(NC(N=Cc1c2ccccc2cc2c1ccc1ccccc12)c1cccc(-c2ccccc2)c1)c1ccccc1. The zero-order valence-electron chi connectivity index (χ0n) is 23.2. The molecule has 0 aromatic heterocycles. The van der Waals surface area contributed by atoms with Crippen LogP contribution in [0.3, 0.4) is 0 Å². The van der Waals surface area contributed by atoms with Gasteiger partial charge in [-0.2, -0.15) is 0 Å². The molecule has 0 radical (unpaired) electrons. The second-order valence-electron chi connectivity index (χ2n) is 10.6. The van der Waals surface area contributed by atoms with Crippen molar-refractivity contribution in [3.63, 3.8) is 0 Å². The molecule has 0 aliphatic heterocycles. The maximum Gasteiger partial charge on any atom is 0.127 e. The molecule has 0 bridgehead atoms. The van der Waals surface area contributed by atoms with E-state index < -0.39 is 0 Å². The third kappa shape index (κ3) is 5.08. The fraction of sp³-hybridized carbons (Fsp3) is 0.0513. The number of aliphatic imine (C=N–C) groups is 1. The molecule has 7 rings (SSSR count). The van der Waals surface area contributed by atoms with Gasteiger partial charge >= 0.3 is 0 Å². The highest BCUT2D eigenvalue weighted by Crippen LogP contribution is 2.33. The predicted molar refractivity (Wildman–Crippen MR) is 178 cm³/mol. The van der Waals surface area contributed by atoms with Gasteiger partial charge in [-0.05, 0) is 66.7 Å². The quantitative estimate of drug-likeness (QED) is 0.0915. The number of hydrogen-bond donors (Lipinski definition) is 2. The smallest absolute Gasteiger partial charge is 0.127 e. The highest BCUT2D eigenvalue weighted by atomic mass is 15.1. The van der Waals surface area contributed by atoms with E-state index in [1.807, 2.05) is 42.6 Å². The fourth-order valence-electron chi connectivity index (χ4n) is 5.81. The van der Waals surface area contributed by atoms with Crippen LogP contribution in [-0.4, -0.2) is 6.21 Å². The minimum Gasteiger partial charge on any atom is -0.312 e. The molecule has 0 saturated carbocycles. The van der Waals surface area contributed by atoms with Crippen LogP contribution < -0.4 is 11.1 Å². The first-order valence-electron chi connectivity index (χ1n) is 14.3. The van der Waals surface area contributed by atoms with E-state index in [4.69, 9.17) is 10.7 Å². The highest BCUT2D eigenvalue weighted by Gasteiger charge is 2.16. The third-order valence-corrected chi connectivity index (χ3v) is 7.97. The minimum absolute atomic E-state index is 0.363. The van der Waals surface area contributed by atoms with Crippen LogP contribution in [0.15, 0.2) is 157 Å². The zero-order chi connectivity index (χ0) is 28.3. The number of nitrogens with two attached hydrogens (primary N) is 1. The predicted octanol–water partition coefficient (Wildman–Crippen LogP) is 9.18. The van der Waals surface area contributed by atoms with Gasteiger partial charge in [-0.25, -0.2) is 0 Å². The summed E-state index contributed by atoms with van der Waals surface area (Å²) in [6.07, 6.45) is 1.28. The van der Waals surface area contributed by atoms with E-state index >= 15 is 0 Å². The van der Waals surface area contributed by atoms with E-state index in [1.54, 1.807) is 0 Å². The molecule has 42 heavy (non-hydrogen) atoms. The maximum absolute atomic E-state index is 6.71. The number of nitrogens with one attached hydrogen (secondary N) is 1. The molecule has 0 aliphatic carbocycles. The largest absolute Gasteiger partial charge is 0.312 e. The summed E-state index contributed by atoms with van der Waals surface area (Å²) in [6.45, 7) is 0. The summed E-state index contributed by atoms with van der Waals surface area (Å²) in [5, 5.41) is 10.9. The van der Waals surface area contributed by atoms with Gasteiger partial charge in [-0.3, -0.25) is 10.3 Å². The van der Waals surface area contributed by atoms with Crippen LogP contribution in [-0.2, 0) is 0 Å². The molecule has 3 nitrogen and oxygen atoms in total. The van der Waals surface area contributed by atoms with Gasteiger partial charge < -0.3 is 5.73 Å². The second kappa shape index (κ2) is 11.4. The van der Waals surface area contributed by atoms with E-state index in [0.29, 0.717) is 0 Å². The van der Waals surface area contributed by atoms with Gasteiger partial charge in [0.05, 0.1) is 6.17 Å². The molecule has 0 aliphatic rings. The monoisotopic (exact) mass is 541 g/mol. The molecule has 7 aromatic rings. The summed E-state index contributed by atoms with van der Waals surface area (Å²) in [5.41, 5.74) is 12.2. The van der Waals surface area contributed by atoms with Crippen molar-refractivity contribution in [1.29, 1.82) is 0 Å². The minimum atomic E-state index is -0.387. The normalized spacial score (nSPS) is 13.2. The van der Waals surface area contributed by atoms with Crippen LogP contribution in [0.4, 0.5) is 0 Å². The Morgan fingerprint density at radius 3 is 1.95 bits per heavy atom. The van der Waals surface area contributed by atoms with Gasteiger partial charge in [0.2, 0.25) is 0 Å². The maximum atomic E-state index is 6.71. The molecule has 2 unspecified atom stereocenters. The molecule has 0 amide bonds. The molecular formula is C39H31N3. The number of benzene rings is 7. The lowest BCUT2D eigenvalue weighted by atomic mass is 9.94. The Morgan fingerprint density at radius 2 is 1.14 bits per heavy atom. The summed E-state index contributed by atoms with van der Waals surface area (Å²) in [6, 6.07) is 52.9. The molecule has 7 aromatic carbocycles. The topological polar surface area (TPSA) is 50.4 Å². The van der Waals surface area contributed by atoms with Gasteiger partial charge in [0, 0.05) is 11.8 Å². The van der Waals surface area contributed by atoms with Crippen molar-refractivity contribution < 1.29 is 0 Å². The van der Waals surface area contributed by atoms with Crippen molar-refractivity contribution in [1.82, 2.24) is 5.32 Å². The number of rotatable bonds is 7. The van der Waals surface area contributed by atoms with Crippen molar-refractivity contribution in [3.8, 4) is 11.1 Å². The molecule has 202 valence electrons. The van der Waals surface area contributed by atoms with Crippen LogP contribution in [0.5, 0.6) is 0 Å². The average Bonchev–Trinajstić information content (AvgIpc) is 3.06. The summed E-state index contributed by atoms with van der Waals surface area (Å²) in [4.78, 5) is 5.23. The van der Waals surface area contributed by atoms with Crippen LogP contribution >= 0.6 is 0 Å². The highest BCUT2D eigenvalue weighted by molar-refractivity contribution is 6.20. The molecule has 0 fully saturated rings. The second-order valence-corrected chi connectivity index (χ2v) is 10.6. The van der Waals surface area contributed by atoms with E-state index in [9.17, 15) is 0 Å². The summed E-state index contributed by atoms with van der Waals surface area (Å²) in [5.74, 6) is 0. The Bertz CT molecular complexity index is 2030. The summed E-state index contributed by atoms with van der Waals surface area (Å²) >= 11 is 0. The van der Waals surface area contributed by atoms with Gasteiger partial charge in [0.15, 0.2) is 0 Å². The molecule has 0 spiro atoms. The number of hydrogen-bond acceptors (Lipinski definition) is 3. The third-order valence-electron chi connectivity index (χ3n) is 7.97. The van der Waals surface area contributed by atoms with Gasteiger partial charge in [0.1, 0.15) is 6.17 Å². The Hall–Kier alpha value is -5.09. The molecular weight excluding hydrogens is 510 g/mol. The Kier molecular flexibility index (Phi) is 7.03. The van der Waals surface area contributed by atoms with Crippen LogP contribution in [0.1, 0.15) is 29.0 Å². The van der Waals surface area contributed by atoms with Gasteiger partial charge in [0.25, 0.3) is 0 Å². The Balaban J connectivity index is 1.37. The lowest BCUT2D eigenvalue weighted by molar-refractivity contribution is 0.467. The van der Waals surface area contributed by atoms with Crippen molar-refractivity contribution in [2.24, 2.45) is 10.7 Å². The molecule has 3 heteroatoms. The molecule has 0 heterocycles. The van der Waals surface area contributed by atoms with Crippen LogP contribution in [0.25, 0.3) is 43.4 Å².